The molecule has 1 saturated heterocycles. The van der Waals surface area contributed by atoms with Crippen molar-refractivity contribution in [3.05, 3.63) is 18.2 Å². The Bertz CT molecular complexity index is 365. The smallest absolute Gasteiger partial charge is 0.121 e. The van der Waals surface area contributed by atoms with Crippen molar-refractivity contribution in [2.45, 2.75) is 19.8 Å². The van der Waals surface area contributed by atoms with Crippen LogP contribution in [0.3, 0.4) is 0 Å². The van der Waals surface area contributed by atoms with Gasteiger partial charge in [-0.3, -0.25) is 0 Å². The van der Waals surface area contributed by atoms with Crippen LogP contribution in [0, 0.1) is 5.92 Å². The van der Waals surface area contributed by atoms with Gasteiger partial charge in [0.2, 0.25) is 0 Å². The maximum atomic E-state index is 6.01. The Morgan fingerprint density at radius 2 is 2.31 bits per heavy atom. The Labute approximate surface area is 97.2 Å². The molecular weight excluding hydrogens is 200 g/mol. The van der Waals surface area contributed by atoms with Gasteiger partial charge in [-0.1, -0.05) is 13.3 Å². The standard InChI is InChI=1S/C13H20N2O/c1-3-10-6-7-15(9-10)13-8-11(16-2)4-5-12(13)14/h4-5,8,10H,3,6-7,9,14H2,1-2H3. The molecule has 1 atom stereocenters. The highest BCUT2D eigenvalue weighted by molar-refractivity contribution is 5.70. The molecule has 1 aliphatic heterocycles. The number of hydrogen-bond acceptors (Lipinski definition) is 3. The molecule has 88 valence electrons. The van der Waals surface area contributed by atoms with Gasteiger partial charge in [-0.2, -0.15) is 0 Å². The molecule has 0 spiro atoms. The first-order chi connectivity index (χ1) is 7.74. The zero-order valence-electron chi connectivity index (χ0n) is 10.1. The maximum Gasteiger partial charge on any atom is 0.121 e. The summed E-state index contributed by atoms with van der Waals surface area (Å²) in [7, 11) is 1.69. The minimum absolute atomic E-state index is 0.811. The molecule has 0 aliphatic carbocycles. The van der Waals surface area contributed by atoms with Gasteiger partial charge in [0.25, 0.3) is 0 Å². The number of hydrogen-bond donors (Lipinski definition) is 1. The molecule has 1 aromatic rings. The molecule has 1 unspecified atom stereocenters. The lowest BCUT2D eigenvalue weighted by Gasteiger charge is -2.21. The van der Waals surface area contributed by atoms with Crippen LogP contribution < -0.4 is 15.4 Å². The van der Waals surface area contributed by atoms with E-state index in [4.69, 9.17) is 10.5 Å². The van der Waals surface area contributed by atoms with Crippen LogP contribution in [0.1, 0.15) is 19.8 Å². The number of nitrogens with zero attached hydrogens (tertiary/aromatic N) is 1. The predicted molar refractivity (Wildman–Crippen MR) is 68.0 cm³/mol. The van der Waals surface area contributed by atoms with Gasteiger partial charge in [-0.15, -0.1) is 0 Å². The summed E-state index contributed by atoms with van der Waals surface area (Å²) in [6.07, 6.45) is 2.52. The molecule has 1 heterocycles. The molecule has 3 nitrogen and oxygen atoms in total. The average Bonchev–Trinajstić information content (AvgIpc) is 2.78. The lowest BCUT2D eigenvalue weighted by atomic mass is 10.1. The Balaban J connectivity index is 2.20. The first-order valence-electron chi connectivity index (χ1n) is 5.93. The third kappa shape index (κ3) is 2.08. The van der Waals surface area contributed by atoms with Gasteiger partial charge in [0, 0.05) is 19.2 Å². The number of nitrogen functional groups attached to an aromatic ring is 1. The van der Waals surface area contributed by atoms with Crippen molar-refractivity contribution < 1.29 is 4.74 Å². The molecule has 0 saturated carbocycles. The van der Waals surface area contributed by atoms with Gasteiger partial charge >= 0.3 is 0 Å². The number of benzene rings is 1. The monoisotopic (exact) mass is 220 g/mol. The average molecular weight is 220 g/mol. The van der Waals surface area contributed by atoms with Gasteiger partial charge in [0.1, 0.15) is 5.75 Å². The minimum Gasteiger partial charge on any atom is -0.497 e. The fourth-order valence-electron chi connectivity index (χ4n) is 2.31. The van der Waals surface area contributed by atoms with Gasteiger partial charge in [-0.25, -0.2) is 0 Å². The first-order valence-corrected chi connectivity index (χ1v) is 5.93. The second kappa shape index (κ2) is 4.64. The van der Waals surface area contributed by atoms with E-state index in [1.807, 2.05) is 18.2 Å². The highest BCUT2D eigenvalue weighted by atomic mass is 16.5. The molecular formula is C13H20N2O. The van der Waals surface area contributed by atoms with Crippen LogP contribution in [0.25, 0.3) is 0 Å². The number of nitrogens with two attached hydrogens (primary N) is 1. The predicted octanol–water partition coefficient (Wildman–Crippen LogP) is 2.51. The maximum absolute atomic E-state index is 6.01. The van der Waals surface area contributed by atoms with Crippen molar-refractivity contribution in [2.24, 2.45) is 5.92 Å². The van der Waals surface area contributed by atoms with Crippen molar-refractivity contribution in [1.82, 2.24) is 0 Å². The van der Waals surface area contributed by atoms with Crippen molar-refractivity contribution in [2.75, 3.05) is 30.8 Å². The summed E-state index contributed by atoms with van der Waals surface area (Å²) in [5.74, 6) is 1.69. The normalized spacial score (nSPS) is 20.1. The van der Waals surface area contributed by atoms with Crippen LogP contribution in [0.5, 0.6) is 5.75 Å². The van der Waals surface area contributed by atoms with Crippen LogP contribution in [-0.2, 0) is 0 Å². The van der Waals surface area contributed by atoms with Gasteiger partial charge in [-0.05, 0) is 24.5 Å². The van der Waals surface area contributed by atoms with E-state index in [0.717, 1.165) is 36.1 Å². The molecule has 3 heteroatoms. The third-order valence-electron chi connectivity index (χ3n) is 3.44. The first kappa shape index (κ1) is 11.1. The Hall–Kier alpha value is -1.38. The van der Waals surface area contributed by atoms with E-state index in [1.54, 1.807) is 7.11 Å². The number of ether oxygens (including phenoxy) is 1. The summed E-state index contributed by atoms with van der Waals surface area (Å²) in [6.45, 7) is 4.48. The molecule has 2 rings (SSSR count). The zero-order chi connectivity index (χ0) is 11.5. The molecule has 0 amide bonds. The lowest BCUT2D eigenvalue weighted by Crippen LogP contribution is -2.20. The summed E-state index contributed by atoms with van der Waals surface area (Å²) in [6, 6.07) is 5.87. The molecule has 1 aromatic carbocycles. The van der Waals surface area contributed by atoms with Crippen molar-refractivity contribution in [3.63, 3.8) is 0 Å². The number of rotatable bonds is 3. The van der Waals surface area contributed by atoms with Crippen molar-refractivity contribution in [1.29, 1.82) is 0 Å². The summed E-state index contributed by atoms with van der Waals surface area (Å²) in [4.78, 5) is 2.37. The van der Waals surface area contributed by atoms with E-state index < -0.39 is 0 Å². The Morgan fingerprint density at radius 3 is 2.94 bits per heavy atom. The second-order valence-electron chi connectivity index (χ2n) is 4.43. The highest BCUT2D eigenvalue weighted by Crippen LogP contribution is 2.32. The van der Waals surface area contributed by atoms with Crippen LogP contribution in [-0.4, -0.2) is 20.2 Å². The fourth-order valence-corrected chi connectivity index (χ4v) is 2.31. The summed E-state index contributed by atoms with van der Waals surface area (Å²) >= 11 is 0. The van der Waals surface area contributed by atoms with Crippen LogP contribution >= 0.6 is 0 Å². The van der Waals surface area contributed by atoms with E-state index in [9.17, 15) is 0 Å². The fraction of sp³-hybridized carbons (Fsp3) is 0.538. The lowest BCUT2D eigenvalue weighted by molar-refractivity contribution is 0.415. The van der Waals surface area contributed by atoms with Gasteiger partial charge < -0.3 is 15.4 Å². The van der Waals surface area contributed by atoms with Crippen LogP contribution in [0.4, 0.5) is 11.4 Å². The van der Waals surface area contributed by atoms with E-state index in [2.05, 4.69) is 11.8 Å². The minimum atomic E-state index is 0.811. The highest BCUT2D eigenvalue weighted by Gasteiger charge is 2.22. The van der Waals surface area contributed by atoms with E-state index in [0.29, 0.717) is 0 Å². The summed E-state index contributed by atoms with van der Waals surface area (Å²) in [5, 5.41) is 0. The van der Waals surface area contributed by atoms with Crippen LogP contribution in [0.15, 0.2) is 18.2 Å². The van der Waals surface area contributed by atoms with E-state index >= 15 is 0 Å². The molecule has 0 bridgehead atoms. The van der Waals surface area contributed by atoms with Crippen molar-refractivity contribution in [3.8, 4) is 5.75 Å². The summed E-state index contributed by atoms with van der Waals surface area (Å²) < 4.78 is 5.24. The van der Waals surface area contributed by atoms with Gasteiger partial charge in [0.15, 0.2) is 0 Å². The SMILES string of the molecule is CCC1CCN(c2cc(OC)ccc2N)C1. The zero-order valence-corrected chi connectivity index (χ0v) is 10.1. The molecule has 1 aliphatic rings. The Kier molecular flexibility index (Phi) is 3.22. The third-order valence-corrected chi connectivity index (χ3v) is 3.44. The summed E-state index contributed by atoms with van der Waals surface area (Å²) in [5.41, 5.74) is 7.98. The molecule has 0 aromatic heterocycles. The Morgan fingerprint density at radius 1 is 1.50 bits per heavy atom. The molecule has 2 N–H and O–H groups in total. The van der Waals surface area contributed by atoms with Crippen molar-refractivity contribution >= 4 is 11.4 Å². The topological polar surface area (TPSA) is 38.5 Å². The molecule has 1 fully saturated rings. The quantitative estimate of drug-likeness (QED) is 0.795. The van der Waals surface area contributed by atoms with Crippen LogP contribution in [0.2, 0.25) is 0 Å². The van der Waals surface area contributed by atoms with Gasteiger partial charge in [0.05, 0.1) is 18.5 Å². The van der Waals surface area contributed by atoms with E-state index in [1.165, 1.54) is 12.8 Å². The molecule has 16 heavy (non-hydrogen) atoms. The second-order valence-corrected chi connectivity index (χ2v) is 4.43. The number of anilines is 2. The number of methoxy groups -OCH3 is 1. The largest absolute Gasteiger partial charge is 0.497 e. The van der Waals surface area contributed by atoms with E-state index in [-0.39, 0.29) is 0 Å². The molecule has 0 radical (unpaired) electrons.